The molecule has 0 amide bonds. The Morgan fingerprint density at radius 1 is 1.44 bits per heavy atom. The lowest BCUT2D eigenvalue weighted by Crippen LogP contribution is -2.21. The number of nitrogens with two attached hydrogens (primary N) is 2. The fourth-order valence-electron chi connectivity index (χ4n) is 0.991. The van der Waals surface area contributed by atoms with Crippen LogP contribution in [0.1, 0.15) is 5.56 Å². The Labute approximate surface area is 98.8 Å². The second-order valence-corrected chi connectivity index (χ2v) is 4.42. The van der Waals surface area contributed by atoms with Gasteiger partial charge in [0.05, 0.1) is 5.69 Å². The van der Waals surface area contributed by atoms with Crippen LogP contribution in [0, 0.1) is 11.3 Å². The van der Waals surface area contributed by atoms with Crippen molar-refractivity contribution in [1.82, 2.24) is 4.98 Å². The number of ether oxygens (including phenoxy) is 1. The Balaban J connectivity index is 3.47. The lowest BCUT2D eigenvalue weighted by Gasteiger charge is -2.11. The van der Waals surface area contributed by atoms with Crippen molar-refractivity contribution in [2.24, 2.45) is 5.14 Å². The van der Waals surface area contributed by atoms with Crippen molar-refractivity contribution in [2.75, 3.05) is 5.73 Å². The molecular weight excluding hydrogens is 277 g/mol. The molecule has 0 aromatic carbocycles. The van der Waals surface area contributed by atoms with E-state index in [0.29, 0.717) is 6.07 Å². The lowest BCUT2D eigenvalue weighted by atomic mass is 10.3. The van der Waals surface area contributed by atoms with Gasteiger partial charge < -0.3 is 10.5 Å². The molecule has 0 unspecified atom stereocenters. The van der Waals surface area contributed by atoms with Crippen molar-refractivity contribution in [3.8, 4) is 11.9 Å². The molecule has 1 rings (SSSR count). The normalized spacial score (nSPS) is 11.9. The van der Waals surface area contributed by atoms with E-state index in [1.165, 1.54) is 6.07 Å². The first-order chi connectivity index (χ1) is 8.04. The van der Waals surface area contributed by atoms with Crippen molar-refractivity contribution in [3.05, 3.63) is 11.6 Å². The van der Waals surface area contributed by atoms with Gasteiger partial charge in [0, 0.05) is 0 Å². The summed E-state index contributed by atoms with van der Waals surface area (Å²) in [5, 5.41) is 12.3. The van der Waals surface area contributed by atoms with Gasteiger partial charge in [-0.15, -0.1) is 13.2 Å². The SMILES string of the molecule is N#Cc1cc(N)c(S(N)(=O)=O)nc1OC(F)(F)F. The van der Waals surface area contributed by atoms with E-state index in [4.69, 9.17) is 16.1 Å². The third-order valence-electron chi connectivity index (χ3n) is 1.58. The molecule has 1 heterocycles. The number of aromatic nitrogens is 1. The summed E-state index contributed by atoms with van der Waals surface area (Å²) in [5.41, 5.74) is 3.98. The van der Waals surface area contributed by atoms with Gasteiger partial charge in [-0.05, 0) is 6.07 Å². The zero-order valence-electron chi connectivity index (χ0n) is 8.39. The number of sulfonamides is 1. The zero-order chi connectivity index (χ0) is 14.1. The highest BCUT2D eigenvalue weighted by atomic mass is 32.2. The molecule has 0 radical (unpaired) electrons. The molecule has 0 aliphatic carbocycles. The van der Waals surface area contributed by atoms with E-state index in [1.807, 2.05) is 0 Å². The maximum atomic E-state index is 12.0. The van der Waals surface area contributed by atoms with Gasteiger partial charge in [0.15, 0.2) is 5.03 Å². The molecule has 98 valence electrons. The highest BCUT2D eigenvalue weighted by Gasteiger charge is 2.34. The summed E-state index contributed by atoms with van der Waals surface area (Å²) in [5.74, 6) is -1.23. The molecular formula is C7H5F3N4O3S. The number of nitriles is 1. The van der Waals surface area contributed by atoms with Crippen LogP contribution in [0.2, 0.25) is 0 Å². The van der Waals surface area contributed by atoms with Crippen molar-refractivity contribution in [2.45, 2.75) is 11.4 Å². The minimum absolute atomic E-state index is 0.552. The van der Waals surface area contributed by atoms with Crippen molar-refractivity contribution >= 4 is 15.7 Å². The van der Waals surface area contributed by atoms with E-state index in [1.54, 1.807) is 0 Å². The third kappa shape index (κ3) is 3.22. The maximum Gasteiger partial charge on any atom is 0.574 e. The number of anilines is 1. The Morgan fingerprint density at radius 3 is 2.39 bits per heavy atom. The first-order valence-electron chi connectivity index (χ1n) is 4.04. The monoisotopic (exact) mass is 282 g/mol. The summed E-state index contributed by atoms with van der Waals surface area (Å²) < 4.78 is 61.4. The molecule has 0 fully saturated rings. The number of halogens is 3. The van der Waals surface area contributed by atoms with Crippen LogP contribution in [0.25, 0.3) is 0 Å². The lowest BCUT2D eigenvalue weighted by molar-refractivity contribution is -0.276. The molecule has 0 bridgehead atoms. The topological polar surface area (TPSA) is 132 Å². The molecule has 11 heteroatoms. The van der Waals surface area contributed by atoms with Gasteiger partial charge in [-0.1, -0.05) is 0 Å². The summed E-state index contributed by atoms with van der Waals surface area (Å²) in [6.45, 7) is 0. The van der Waals surface area contributed by atoms with Gasteiger partial charge in [-0.2, -0.15) is 10.2 Å². The van der Waals surface area contributed by atoms with E-state index >= 15 is 0 Å². The van der Waals surface area contributed by atoms with Gasteiger partial charge in [-0.25, -0.2) is 13.6 Å². The van der Waals surface area contributed by atoms with Gasteiger partial charge in [-0.3, -0.25) is 0 Å². The molecule has 4 N–H and O–H groups in total. The predicted molar refractivity (Wildman–Crippen MR) is 51.4 cm³/mol. The van der Waals surface area contributed by atoms with Crippen molar-refractivity contribution in [1.29, 1.82) is 5.26 Å². The molecule has 0 atom stereocenters. The van der Waals surface area contributed by atoms with Crippen LogP contribution in [-0.2, 0) is 10.0 Å². The van der Waals surface area contributed by atoms with Crippen LogP contribution < -0.4 is 15.6 Å². The number of rotatable bonds is 2. The van der Waals surface area contributed by atoms with Crippen LogP contribution in [-0.4, -0.2) is 19.8 Å². The average Bonchev–Trinajstić information content (AvgIpc) is 2.16. The van der Waals surface area contributed by atoms with Crippen LogP contribution >= 0.6 is 0 Å². The molecule has 0 aliphatic rings. The molecule has 7 nitrogen and oxygen atoms in total. The summed E-state index contributed by atoms with van der Waals surface area (Å²) in [6, 6.07) is 2.01. The van der Waals surface area contributed by atoms with Crippen LogP contribution in [0.5, 0.6) is 5.88 Å². The van der Waals surface area contributed by atoms with Crippen LogP contribution in [0.3, 0.4) is 0 Å². The first kappa shape index (κ1) is 14.0. The first-order valence-corrected chi connectivity index (χ1v) is 5.58. The van der Waals surface area contributed by atoms with Gasteiger partial charge in [0.1, 0.15) is 11.6 Å². The minimum Gasteiger partial charge on any atom is -0.396 e. The molecule has 0 spiro atoms. The van der Waals surface area contributed by atoms with E-state index in [9.17, 15) is 21.6 Å². The number of alkyl halides is 3. The maximum absolute atomic E-state index is 12.0. The Morgan fingerprint density at radius 2 is 2.00 bits per heavy atom. The molecule has 0 aliphatic heterocycles. The molecule has 0 saturated heterocycles. The van der Waals surface area contributed by atoms with E-state index < -0.39 is 38.5 Å². The number of nitrogens with zero attached hydrogens (tertiary/aromatic N) is 2. The number of primary sulfonamides is 1. The zero-order valence-corrected chi connectivity index (χ0v) is 9.21. The number of hydrogen-bond acceptors (Lipinski definition) is 6. The predicted octanol–water partition coefficient (Wildman–Crippen LogP) is 0.0815. The van der Waals surface area contributed by atoms with Crippen LogP contribution in [0.4, 0.5) is 18.9 Å². The Hall–Kier alpha value is -2.06. The number of nitrogen functional groups attached to an aromatic ring is 1. The second-order valence-electron chi connectivity index (χ2n) is 2.94. The van der Waals surface area contributed by atoms with Gasteiger partial charge >= 0.3 is 6.36 Å². The molecule has 18 heavy (non-hydrogen) atoms. The highest BCUT2D eigenvalue weighted by molar-refractivity contribution is 7.89. The standard InChI is InChI=1S/C7H5F3N4O3S/c8-7(9,10)17-5-3(2-11)1-4(12)6(14-5)18(13,15)16/h1H,12H2,(H2,13,15,16). The second kappa shape index (κ2) is 4.31. The Bertz CT molecular complexity index is 620. The van der Waals surface area contributed by atoms with Crippen LogP contribution in [0.15, 0.2) is 11.1 Å². The van der Waals surface area contributed by atoms with Gasteiger partial charge in [0.2, 0.25) is 5.88 Å². The smallest absolute Gasteiger partial charge is 0.396 e. The summed E-state index contributed by atoms with van der Waals surface area (Å²) >= 11 is 0. The van der Waals surface area contributed by atoms with E-state index in [-0.39, 0.29) is 0 Å². The van der Waals surface area contributed by atoms with Gasteiger partial charge in [0.25, 0.3) is 10.0 Å². The quantitative estimate of drug-likeness (QED) is 0.789. The number of hydrogen-bond donors (Lipinski definition) is 2. The number of pyridine rings is 1. The minimum atomic E-state index is -5.13. The van der Waals surface area contributed by atoms with E-state index in [2.05, 4.69) is 9.72 Å². The molecule has 1 aromatic rings. The summed E-state index contributed by atoms with van der Waals surface area (Å²) in [6.07, 6.45) is -5.13. The third-order valence-corrected chi connectivity index (χ3v) is 2.45. The van der Waals surface area contributed by atoms with E-state index in [0.717, 1.165) is 0 Å². The summed E-state index contributed by atoms with van der Waals surface area (Å²) in [4.78, 5) is 3.00. The molecule has 1 aromatic heterocycles. The van der Waals surface area contributed by atoms with Crippen molar-refractivity contribution in [3.63, 3.8) is 0 Å². The fourth-order valence-corrected chi connectivity index (χ4v) is 1.59. The highest BCUT2D eigenvalue weighted by Crippen LogP contribution is 2.28. The summed E-state index contributed by atoms with van der Waals surface area (Å²) in [7, 11) is -4.43. The average molecular weight is 282 g/mol. The largest absolute Gasteiger partial charge is 0.574 e. The Kier molecular flexibility index (Phi) is 3.36. The fraction of sp³-hybridized carbons (Fsp3) is 0.143. The molecule has 0 saturated carbocycles. The van der Waals surface area contributed by atoms with Crippen molar-refractivity contribution < 1.29 is 26.3 Å².